The average Bonchev–Trinajstić information content (AvgIpc) is 3.25. The first-order chi connectivity index (χ1) is 15.0. The number of likely N-dealkylation sites (tertiary alicyclic amines) is 1. The Labute approximate surface area is 185 Å². The summed E-state index contributed by atoms with van der Waals surface area (Å²) in [6.07, 6.45) is 1.14. The van der Waals surface area contributed by atoms with Crippen LogP contribution in [0.5, 0.6) is 5.75 Å². The molecular formula is C23H27N3O4S. The Hall–Kier alpha value is -2.29. The van der Waals surface area contributed by atoms with E-state index in [0.717, 1.165) is 55.2 Å². The summed E-state index contributed by atoms with van der Waals surface area (Å²) in [4.78, 5) is 26.0. The number of thioether (sulfide) groups is 1. The normalized spacial score (nSPS) is 27.6. The van der Waals surface area contributed by atoms with Crippen LogP contribution in [0.4, 0.5) is 0 Å². The number of nitrogens with one attached hydrogen (secondary N) is 1. The second kappa shape index (κ2) is 8.33. The zero-order valence-electron chi connectivity index (χ0n) is 17.5. The molecule has 2 fully saturated rings. The Morgan fingerprint density at radius 1 is 1.26 bits per heavy atom. The predicted octanol–water partition coefficient (Wildman–Crippen LogP) is 2.26. The van der Waals surface area contributed by atoms with Crippen molar-refractivity contribution in [3.63, 3.8) is 0 Å². The van der Waals surface area contributed by atoms with E-state index in [4.69, 9.17) is 4.74 Å². The molecule has 4 unspecified atom stereocenters. The van der Waals surface area contributed by atoms with E-state index >= 15 is 0 Å². The molecule has 7 nitrogen and oxygen atoms in total. The van der Waals surface area contributed by atoms with Gasteiger partial charge in [0.2, 0.25) is 0 Å². The molecule has 8 heteroatoms. The molecule has 4 heterocycles. The summed E-state index contributed by atoms with van der Waals surface area (Å²) in [5.74, 6) is 1.47. The molecule has 2 N–H and O–H groups in total. The number of rotatable bonds is 5. The highest BCUT2D eigenvalue weighted by molar-refractivity contribution is 7.99. The lowest BCUT2D eigenvalue weighted by molar-refractivity contribution is -0.138. The maximum Gasteiger partial charge on any atom is 0.321 e. The van der Waals surface area contributed by atoms with Crippen LogP contribution in [0.1, 0.15) is 34.5 Å². The summed E-state index contributed by atoms with van der Waals surface area (Å²) in [6.45, 7) is 3.45. The highest BCUT2D eigenvalue weighted by atomic mass is 32.2. The summed E-state index contributed by atoms with van der Waals surface area (Å²) in [5, 5.41) is 12.5. The number of benzene rings is 1. The monoisotopic (exact) mass is 441 g/mol. The van der Waals surface area contributed by atoms with Gasteiger partial charge in [-0.15, -0.1) is 11.8 Å². The number of carbonyl (C=O) groups is 1. The van der Waals surface area contributed by atoms with Crippen molar-refractivity contribution in [1.82, 2.24) is 14.8 Å². The van der Waals surface area contributed by atoms with Crippen molar-refractivity contribution in [2.75, 3.05) is 26.0 Å². The Morgan fingerprint density at radius 2 is 2.13 bits per heavy atom. The van der Waals surface area contributed by atoms with E-state index in [1.807, 2.05) is 22.8 Å². The molecule has 0 spiro atoms. The van der Waals surface area contributed by atoms with Crippen LogP contribution in [0.3, 0.4) is 0 Å². The van der Waals surface area contributed by atoms with Gasteiger partial charge in [-0.1, -0.05) is 12.1 Å². The second-order valence-electron chi connectivity index (χ2n) is 8.73. The number of aliphatic carboxylic acids is 1. The van der Waals surface area contributed by atoms with E-state index in [-0.39, 0.29) is 10.9 Å². The van der Waals surface area contributed by atoms with Gasteiger partial charge >= 0.3 is 5.97 Å². The minimum absolute atomic E-state index is 0.0229. The summed E-state index contributed by atoms with van der Waals surface area (Å²) >= 11 is 1.63. The van der Waals surface area contributed by atoms with E-state index in [1.165, 1.54) is 0 Å². The van der Waals surface area contributed by atoms with E-state index < -0.39 is 12.0 Å². The van der Waals surface area contributed by atoms with Crippen LogP contribution in [0.2, 0.25) is 0 Å². The molecular weight excluding hydrogens is 414 g/mol. The molecule has 3 aliphatic rings. The fourth-order valence-electron chi connectivity index (χ4n) is 5.26. The summed E-state index contributed by atoms with van der Waals surface area (Å²) in [5.41, 5.74) is 3.46. The lowest BCUT2D eigenvalue weighted by atomic mass is 9.83. The number of piperidine rings is 1. The zero-order chi connectivity index (χ0) is 21.5. The molecule has 1 aromatic heterocycles. The minimum atomic E-state index is -0.803. The summed E-state index contributed by atoms with van der Waals surface area (Å²) in [7, 11) is 1.69. The largest absolute Gasteiger partial charge is 0.496 e. The van der Waals surface area contributed by atoms with Gasteiger partial charge in [-0.05, 0) is 36.1 Å². The van der Waals surface area contributed by atoms with Crippen molar-refractivity contribution < 1.29 is 14.6 Å². The highest BCUT2D eigenvalue weighted by Crippen LogP contribution is 2.38. The van der Waals surface area contributed by atoms with Crippen molar-refractivity contribution in [3.8, 4) is 5.75 Å². The van der Waals surface area contributed by atoms with Crippen molar-refractivity contribution in [2.45, 2.75) is 36.8 Å². The number of carboxylic acids is 1. The quantitative estimate of drug-likeness (QED) is 0.736. The SMILES string of the molecule is COc1ccc(C2NC(C(=O)O)CS2)cc1CN1CC2CC(C1)c1cccc(=O)n1C2. The van der Waals surface area contributed by atoms with Gasteiger partial charge in [-0.3, -0.25) is 19.8 Å². The Balaban J connectivity index is 1.35. The Kier molecular flexibility index (Phi) is 5.54. The van der Waals surface area contributed by atoms with Crippen LogP contribution in [-0.4, -0.2) is 52.5 Å². The molecule has 0 saturated carbocycles. The second-order valence-corrected chi connectivity index (χ2v) is 9.87. The van der Waals surface area contributed by atoms with Gasteiger partial charge < -0.3 is 14.4 Å². The van der Waals surface area contributed by atoms with Gasteiger partial charge in [0.25, 0.3) is 5.56 Å². The van der Waals surface area contributed by atoms with Crippen LogP contribution in [0, 0.1) is 5.92 Å². The van der Waals surface area contributed by atoms with Gasteiger partial charge in [0.1, 0.15) is 11.8 Å². The number of hydrogen-bond donors (Lipinski definition) is 2. The molecule has 2 bridgehead atoms. The predicted molar refractivity (Wildman–Crippen MR) is 120 cm³/mol. The van der Waals surface area contributed by atoms with Gasteiger partial charge in [0, 0.05) is 55.2 Å². The molecule has 0 aliphatic carbocycles. The van der Waals surface area contributed by atoms with E-state index in [9.17, 15) is 14.7 Å². The topological polar surface area (TPSA) is 83.8 Å². The smallest absolute Gasteiger partial charge is 0.321 e. The summed E-state index contributed by atoms with van der Waals surface area (Å²) in [6, 6.07) is 11.3. The zero-order valence-corrected chi connectivity index (χ0v) is 18.3. The molecule has 0 amide bonds. The van der Waals surface area contributed by atoms with Crippen molar-refractivity contribution >= 4 is 17.7 Å². The average molecular weight is 442 g/mol. The van der Waals surface area contributed by atoms with Gasteiger partial charge in [0.15, 0.2) is 0 Å². The van der Waals surface area contributed by atoms with Gasteiger partial charge in [-0.25, -0.2) is 0 Å². The standard InChI is InChI=1S/C23H27N3O4S/c1-30-20-6-5-15(22-24-18(13-31-22)23(28)29)8-17(20)12-25-9-14-7-16(11-25)19-3-2-4-21(27)26(19)10-14/h2-6,8,14,16,18,22,24H,7,9-13H2,1H3,(H,28,29). The molecule has 4 atom stereocenters. The fraction of sp³-hybridized carbons (Fsp3) is 0.478. The van der Waals surface area contributed by atoms with Crippen LogP contribution >= 0.6 is 11.8 Å². The lowest BCUT2D eigenvalue weighted by Crippen LogP contribution is -2.46. The maximum atomic E-state index is 12.3. The highest BCUT2D eigenvalue weighted by Gasteiger charge is 2.35. The molecule has 3 aliphatic heterocycles. The first-order valence-corrected chi connectivity index (χ1v) is 11.8. The number of methoxy groups -OCH3 is 1. The number of carboxylic acid groups (broad SMARTS) is 1. The van der Waals surface area contributed by atoms with Crippen molar-refractivity contribution in [2.24, 2.45) is 5.92 Å². The van der Waals surface area contributed by atoms with Crippen molar-refractivity contribution in [3.05, 3.63) is 63.6 Å². The lowest BCUT2D eigenvalue weighted by Gasteiger charge is -2.43. The van der Waals surface area contributed by atoms with Crippen LogP contribution in [-0.2, 0) is 17.9 Å². The first kappa shape index (κ1) is 20.6. The van der Waals surface area contributed by atoms with E-state index in [2.05, 4.69) is 22.3 Å². The number of ether oxygens (including phenoxy) is 1. The number of pyridine rings is 1. The molecule has 2 aromatic rings. The van der Waals surface area contributed by atoms with Gasteiger partial charge in [0.05, 0.1) is 12.5 Å². The Bertz CT molecular complexity index is 1060. The van der Waals surface area contributed by atoms with Crippen LogP contribution in [0.25, 0.3) is 0 Å². The third-order valence-corrected chi connectivity index (χ3v) is 7.90. The van der Waals surface area contributed by atoms with E-state index in [0.29, 0.717) is 17.6 Å². The van der Waals surface area contributed by atoms with Crippen LogP contribution in [0.15, 0.2) is 41.2 Å². The fourth-order valence-corrected chi connectivity index (χ4v) is 6.48. The van der Waals surface area contributed by atoms with Gasteiger partial charge in [-0.2, -0.15) is 0 Å². The third-order valence-electron chi connectivity index (χ3n) is 6.64. The van der Waals surface area contributed by atoms with Crippen molar-refractivity contribution in [1.29, 1.82) is 0 Å². The third kappa shape index (κ3) is 4.00. The number of fused-ring (bicyclic) bond motifs is 4. The molecule has 1 aromatic carbocycles. The maximum absolute atomic E-state index is 12.3. The molecule has 164 valence electrons. The first-order valence-electron chi connectivity index (χ1n) is 10.7. The Morgan fingerprint density at radius 3 is 2.90 bits per heavy atom. The molecule has 2 saturated heterocycles. The summed E-state index contributed by atoms with van der Waals surface area (Å²) < 4.78 is 7.59. The van der Waals surface area contributed by atoms with Crippen LogP contribution < -0.4 is 15.6 Å². The van der Waals surface area contributed by atoms with E-state index in [1.54, 1.807) is 24.9 Å². The number of hydrogen-bond acceptors (Lipinski definition) is 6. The number of nitrogens with zero attached hydrogens (tertiary/aromatic N) is 2. The molecule has 0 radical (unpaired) electrons. The minimum Gasteiger partial charge on any atom is -0.496 e. The molecule has 5 rings (SSSR count). The number of aromatic nitrogens is 1. The molecule has 31 heavy (non-hydrogen) atoms.